The van der Waals surface area contributed by atoms with Gasteiger partial charge in [-0.3, -0.25) is 10.1 Å². The smallest absolute Gasteiger partial charge is 0.292 e. The Morgan fingerprint density at radius 1 is 1.38 bits per heavy atom. The lowest BCUT2D eigenvalue weighted by molar-refractivity contribution is -0.384. The molecular formula is C15H22N2O4. The molecule has 1 aliphatic carbocycles. The van der Waals surface area contributed by atoms with Crippen LogP contribution in [0.25, 0.3) is 0 Å². The highest BCUT2D eigenvalue weighted by Crippen LogP contribution is 2.34. The molecule has 1 aliphatic rings. The molecule has 6 nitrogen and oxygen atoms in total. The number of hydrogen-bond acceptors (Lipinski definition) is 5. The second-order valence-corrected chi connectivity index (χ2v) is 5.71. The SMILES string of the molecule is CC(O)c1ccc(N(C)C2CCCCC2O)c([N+](=O)[O-])c1. The fourth-order valence-electron chi connectivity index (χ4n) is 2.97. The first-order chi connectivity index (χ1) is 9.91. The summed E-state index contributed by atoms with van der Waals surface area (Å²) in [6, 6.07) is 4.65. The van der Waals surface area contributed by atoms with E-state index in [1.165, 1.54) is 6.07 Å². The molecule has 1 aromatic carbocycles. The van der Waals surface area contributed by atoms with Gasteiger partial charge < -0.3 is 15.1 Å². The molecule has 3 unspecified atom stereocenters. The third-order valence-corrected chi connectivity index (χ3v) is 4.25. The van der Waals surface area contributed by atoms with Crippen molar-refractivity contribution in [3.63, 3.8) is 0 Å². The van der Waals surface area contributed by atoms with E-state index in [0.717, 1.165) is 25.7 Å². The molecule has 0 aromatic heterocycles. The predicted molar refractivity (Wildman–Crippen MR) is 80.4 cm³/mol. The lowest BCUT2D eigenvalue weighted by atomic mass is 9.91. The van der Waals surface area contributed by atoms with Gasteiger partial charge in [0.15, 0.2) is 0 Å². The van der Waals surface area contributed by atoms with Crippen LogP contribution >= 0.6 is 0 Å². The Balaban J connectivity index is 2.35. The van der Waals surface area contributed by atoms with Gasteiger partial charge in [-0.05, 0) is 31.4 Å². The Morgan fingerprint density at radius 2 is 2.05 bits per heavy atom. The maximum absolute atomic E-state index is 11.3. The molecule has 2 N–H and O–H groups in total. The molecule has 0 spiro atoms. The summed E-state index contributed by atoms with van der Waals surface area (Å²) in [4.78, 5) is 12.7. The number of aliphatic hydroxyl groups excluding tert-OH is 2. The van der Waals surface area contributed by atoms with Crippen molar-refractivity contribution in [2.24, 2.45) is 0 Å². The van der Waals surface area contributed by atoms with E-state index in [1.54, 1.807) is 31.0 Å². The summed E-state index contributed by atoms with van der Waals surface area (Å²) in [7, 11) is 1.78. The number of anilines is 1. The summed E-state index contributed by atoms with van der Waals surface area (Å²) in [6.45, 7) is 1.58. The number of hydrogen-bond donors (Lipinski definition) is 2. The van der Waals surface area contributed by atoms with Crippen molar-refractivity contribution < 1.29 is 15.1 Å². The van der Waals surface area contributed by atoms with Gasteiger partial charge in [0.25, 0.3) is 5.69 Å². The molecule has 6 heteroatoms. The van der Waals surface area contributed by atoms with Gasteiger partial charge in [-0.2, -0.15) is 0 Å². The van der Waals surface area contributed by atoms with Crippen LogP contribution in [0.3, 0.4) is 0 Å². The molecule has 0 heterocycles. The first-order valence-electron chi connectivity index (χ1n) is 7.29. The molecule has 1 fully saturated rings. The first-order valence-corrected chi connectivity index (χ1v) is 7.29. The lowest BCUT2D eigenvalue weighted by Gasteiger charge is -2.36. The molecule has 1 aromatic rings. The molecule has 21 heavy (non-hydrogen) atoms. The molecule has 0 amide bonds. The molecule has 0 radical (unpaired) electrons. The average Bonchev–Trinajstić information content (AvgIpc) is 2.46. The summed E-state index contributed by atoms with van der Waals surface area (Å²) in [5.41, 5.74) is 0.965. The van der Waals surface area contributed by atoms with Gasteiger partial charge in [-0.15, -0.1) is 0 Å². The number of likely N-dealkylation sites (N-methyl/N-ethyl adjacent to an activating group) is 1. The number of rotatable bonds is 4. The Morgan fingerprint density at radius 3 is 2.62 bits per heavy atom. The zero-order valence-corrected chi connectivity index (χ0v) is 12.4. The molecule has 2 rings (SSSR count). The minimum atomic E-state index is -0.747. The van der Waals surface area contributed by atoms with Gasteiger partial charge in [0, 0.05) is 13.1 Å². The van der Waals surface area contributed by atoms with Crippen LogP contribution in [0.1, 0.15) is 44.3 Å². The molecule has 116 valence electrons. The van der Waals surface area contributed by atoms with Crippen molar-refractivity contribution in [1.29, 1.82) is 0 Å². The Bertz CT molecular complexity index is 518. The maximum Gasteiger partial charge on any atom is 0.292 e. The minimum Gasteiger partial charge on any atom is -0.391 e. The van der Waals surface area contributed by atoms with Crippen LogP contribution in [-0.4, -0.2) is 34.3 Å². The van der Waals surface area contributed by atoms with Crippen LogP contribution in [0.2, 0.25) is 0 Å². The van der Waals surface area contributed by atoms with Crippen LogP contribution in [0.4, 0.5) is 11.4 Å². The summed E-state index contributed by atoms with van der Waals surface area (Å²) in [6.07, 6.45) is 2.37. The van der Waals surface area contributed by atoms with E-state index in [0.29, 0.717) is 11.3 Å². The van der Waals surface area contributed by atoms with Crippen molar-refractivity contribution in [1.82, 2.24) is 0 Å². The van der Waals surface area contributed by atoms with Gasteiger partial charge in [-0.25, -0.2) is 0 Å². The van der Waals surface area contributed by atoms with Gasteiger partial charge in [0.2, 0.25) is 0 Å². The van der Waals surface area contributed by atoms with Crippen LogP contribution in [0.15, 0.2) is 18.2 Å². The highest BCUT2D eigenvalue weighted by molar-refractivity contribution is 5.64. The fourth-order valence-corrected chi connectivity index (χ4v) is 2.97. The normalized spacial score (nSPS) is 23.6. The Labute approximate surface area is 124 Å². The summed E-state index contributed by atoms with van der Waals surface area (Å²) < 4.78 is 0. The molecule has 0 saturated heterocycles. The van der Waals surface area contributed by atoms with Crippen LogP contribution in [-0.2, 0) is 0 Å². The highest BCUT2D eigenvalue weighted by atomic mass is 16.6. The number of nitro groups is 1. The largest absolute Gasteiger partial charge is 0.391 e. The monoisotopic (exact) mass is 294 g/mol. The number of nitro benzene ring substituents is 1. The second-order valence-electron chi connectivity index (χ2n) is 5.71. The topological polar surface area (TPSA) is 86.8 Å². The number of benzene rings is 1. The van der Waals surface area contributed by atoms with Gasteiger partial charge in [0.1, 0.15) is 5.69 Å². The molecular weight excluding hydrogens is 272 g/mol. The van der Waals surface area contributed by atoms with Crippen LogP contribution in [0.5, 0.6) is 0 Å². The molecule has 0 bridgehead atoms. The molecule has 3 atom stereocenters. The van der Waals surface area contributed by atoms with Crippen molar-refractivity contribution in [2.45, 2.75) is 50.9 Å². The van der Waals surface area contributed by atoms with E-state index in [1.807, 2.05) is 0 Å². The van der Waals surface area contributed by atoms with Gasteiger partial charge >= 0.3 is 0 Å². The quantitative estimate of drug-likeness (QED) is 0.657. The van der Waals surface area contributed by atoms with Crippen molar-refractivity contribution in [3.05, 3.63) is 33.9 Å². The Hall–Kier alpha value is -1.66. The average molecular weight is 294 g/mol. The van der Waals surface area contributed by atoms with E-state index < -0.39 is 17.1 Å². The predicted octanol–water partition coefficient (Wildman–Crippen LogP) is 2.39. The fraction of sp³-hybridized carbons (Fsp3) is 0.600. The van der Waals surface area contributed by atoms with E-state index in [4.69, 9.17) is 0 Å². The van der Waals surface area contributed by atoms with E-state index >= 15 is 0 Å². The zero-order chi connectivity index (χ0) is 15.6. The van der Waals surface area contributed by atoms with Crippen LogP contribution in [0, 0.1) is 10.1 Å². The standard InChI is InChI=1S/C15H22N2O4/c1-10(18)11-7-8-12(14(9-11)17(20)21)16(2)13-5-3-4-6-15(13)19/h7-10,13,15,18-19H,3-6H2,1-2H3. The summed E-state index contributed by atoms with van der Waals surface area (Å²) in [5, 5.41) is 31.0. The lowest BCUT2D eigenvalue weighted by Crippen LogP contribution is -2.43. The van der Waals surface area contributed by atoms with Crippen molar-refractivity contribution in [3.8, 4) is 0 Å². The van der Waals surface area contributed by atoms with E-state index in [9.17, 15) is 20.3 Å². The summed E-state index contributed by atoms with van der Waals surface area (Å²) in [5.74, 6) is 0. The van der Waals surface area contributed by atoms with Crippen LogP contribution < -0.4 is 4.90 Å². The molecule has 0 aliphatic heterocycles. The van der Waals surface area contributed by atoms with Gasteiger partial charge in [0.05, 0.1) is 23.2 Å². The van der Waals surface area contributed by atoms with E-state index in [2.05, 4.69) is 0 Å². The maximum atomic E-state index is 11.3. The number of aliphatic hydroxyl groups is 2. The number of nitrogens with zero attached hydrogens (tertiary/aromatic N) is 2. The van der Waals surface area contributed by atoms with Crippen molar-refractivity contribution in [2.75, 3.05) is 11.9 Å². The molecule has 1 saturated carbocycles. The zero-order valence-electron chi connectivity index (χ0n) is 12.4. The third kappa shape index (κ3) is 3.33. The Kier molecular flexibility index (Phi) is 4.80. The third-order valence-electron chi connectivity index (χ3n) is 4.25. The van der Waals surface area contributed by atoms with Gasteiger partial charge in [-0.1, -0.05) is 18.9 Å². The minimum absolute atomic E-state index is 0.0336. The van der Waals surface area contributed by atoms with E-state index in [-0.39, 0.29) is 11.7 Å². The second kappa shape index (κ2) is 6.41. The first kappa shape index (κ1) is 15.7. The highest BCUT2D eigenvalue weighted by Gasteiger charge is 2.30. The van der Waals surface area contributed by atoms with Crippen molar-refractivity contribution >= 4 is 11.4 Å². The summed E-state index contributed by atoms with van der Waals surface area (Å²) >= 11 is 0.